The van der Waals surface area contributed by atoms with E-state index in [4.69, 9.17) is 0 Å². The summed E-state index contributed by atoms with van der Waals surface area (Å²) in [5.41, 5.74) is 0.894. The van der Waals surface area contributed by atoms with Crippen LogP contribution in [-0.4, -0.2) is 26.9 Å². The first-order chi connectivity index (χ1) is 9.58. The molecule has 0 radical (unpaired) electrons. The lowest BCUT2D eigenvalue weighted by Crippen LogP contribution is -2.25. The van der Waals surface area contributed by atoms with Crippen molar-refractivity contribution < 1.29 is 21.6 Å². The summed E-state index contributed by atoms with van der Waals surface area (Å²) in [6.07, 6.45) is -3.17. The number of nitrogens with one attached hydrogen (secondary N) is 1. The van der Waals surface area contributed by atoms with Crippen molar-refractivity contribution in [2.24, 2.45) is 0 Å². The van der Waals surface area contributed by atoms with E-state index >= 15 is 0 Å². The quantitative estimate of drug-likeness (QED) is 0.837. The Hall–Kier alpha value is -1.08. The largest absolute Gasteiger partial charge is 0.389 e. The molecule has 0 aliphatic heterocycles. The molecule has 0 amide bonds. The summed E-state index contributed by atoms with van der Waals surface area (Å²) in [7, 11) is -3.20. The molecule has 120 valence electrons. The molecule has 0 spiro atoms. The number of hydrogen-bond donors (Lipinski definition) is 1. The van der Waals surface area contributed by atoms with E-state index in [0.29, 0.717) is 13.0 Å². The summed E-state index contributed by atoms with van der Waals surface area (Å²) < 4.78 is 58.7. The van der Waals surface area contributed by atoms with Crippen LogP contribution in [0.25, 0.3) is 0 Å². The van der Waals surface area contributed by atoms with Crippen molar-refractivity contribution in [1.29, 1.82) is 0 Å². The van der Waals surface area contributed by atoms with E-state index in [9.17, 15) is 21.6 Å². The molecule has 0 saturated heterocycles. The standard InChI is InChI=1S/C14H20F3NO2S/c1-11(4-3-9-14(15,16)17)18-10-12-5-7-13(8-6-12)21(2,19)20/h5-8,11,18H,3-4,9-10H2,1-2H3. The van der Waals surface area contributed by atoms with E-state index in [1.165, 1.54) is 12.1 Å². The summed E-state index contributed by atoms with van der Waals surface area (Å²) in [4.78, 5) is 0.254. The lowest BCUT2D eigenvalue weighted by atomic mass is 10.1. The Morgan fingerprint density at radius 1 is 1.19 bits per heavy atom. The van der Waals surface area contributed by atoms with Gasteiger partial charge >= 0.3 is 6.18 Å². The van der Waals surface area contributed by atoms with E-state index in [1.807, 2.05) is 6.92 Å². The number of rotatable bonds is 7. The first kappa shape index (κ1) is 18.0. The van der Waals surface area contributed by atoms with Crippen LogP contribution in [0.3, 0.4) is 0 Å². The van der Waals surface area contributed by atoms with Crippen LogP contribution in [-0.2, 0) is 16.4 Å². The van der Waals surface area contributed by atoms with Gasteiger partial charge in [-0.05, 0) is 37.5 Å². The highest BCUT2D eigenvalue weighted by atomic mass is 32.2. The maximum absolute atomic E-state index is 12.0. The molecule has 3 nitrogen and oxygen atoms in total. The molecule has 0 bridgehead atoms. The molecule has 0 aromatic heterocycles. The Morgan fingerprint density at radius 2 is 1.76 bits per heavy atom. The van der Waals surface area contributed by atoms with Crippen LogP contribution >= 0.6 is 0 Å². The van der Waals surface area contributed by atoms with Crippen molar-refractivity contribution in [3.8, 4) is 0 Å². The fourth-order valence-electron chi connectivity index (χ4n) is 1.86. The van der Waals surface area contributed by atoms with Gasteiger partial charge in [-0.25, -0.2) is 8.42 Å². The van der Waals surface area contributed by atoms with E-state index in [0.717, 1.165) is 11.8 Å². The van der Waals surface area contributed by atoms with Gasteiger partial charge in [-0.15, -0.1) is 0 Å². The summed E-state index contributed by atoms with van der Waals surface area (Å²) in [6, 6.07) is 6.43. The summed E-state index contributed by atoms with van der Waals surface area (Å²) in [5.74, 6) is 0. The second-order valence-electron chi connectivity index (χ2n) is 5.21. The molecule has 0 saturated carbocycles. The van der Waals surface area contributed by atoms with Crippen molar-refractivity contribution in [1.82, 2.24) is 5.32 Å². The van der Waals surface area contributed by atoms with Crippen LogP contribution in [0.15, 0.2) is 29.2 Å². The highest BCUT2D eigenvalue weighted by molar-refractivity contribution is 7.90. The van der Waals surface area contributed by atoms with Crippen molar-refractivity contribution >= 4 is 9.84 Å². The Kier molecular flexibility index (Phi) is 6.22. The van der Waals surface area contributed by atoms with Crippen LogP contribution in [0.1, 0.15) is 31.7 Å². The van der Waals surface area contributed by atoms with Crippen molar-refractivity contribution in [3.63, 3.8) is 0 Å². The highest BCUT2D eigenvalue weighted by Crippen LogP contribution is 2.22. The fraction of sp³-hybridized carbons (Fsp3) is 0.571. The van der Waals surface area contributed by atoms with Gasteiger partial charge in [-0.2, -0.15) is 13.2 Å². The zero-order chi connectivity index (χ0) is 16.1. The normalized spacial score (nSPS) is 14.1. The molecular weight excluding hydrogens is 303 g/mol. The molecule has 21 heavy (non-hydrogen) atoms. The lowest BCUT2D eigenvalue weighted by Gasteiger charge is -2.14. The molecule has 0 fully saturated rings. The molecule has 1 rings (SSSR count). The zero-order valence-electron chi connectivity index (χ0n) is 12.1. The molecule has 1 atom stereocenters. The van der Waals surface area contributed by atoms with Gasteiger partial charge in [0.2, 0.25) is 0 Å². The van der Waals surface area contributed by atoms with Crippen molar-refractivity contribution in [2.45, 2.75) is 49.8 Å². The third-order valence-electron chi connectivity index (χ3n) is 3.10. The molecule has 0 aliphatic carbocycles. The second-order valence-corrected chi connectivity index (χ2v) is 7.22. The van der Waals surface area contributed by atoms with Gasteiger partial charge < -0.3 is 5.32 Å². The predicted octanol–water partition coefficient (Wildman–Crippen LogP) is 3.30. The smallest absolute Gasteiger partial charge is 0.310 e. The summed E-state index contributed by atoms with van der Waals surface area (Å²) in [5, 5.41) is 3.13. The lowest BCUT2D eigenvalue weighted by molar-refractivity contribution is -0.135. The third-order valence-corrected chi connectivity index (χ3v) is 4.23. The minimum Gasteiger partial charge on any atom is -0.310 e. The van der Waals surface area contributed by atoms with E-state index in [2.05, 4.69) is 5.32 Å². The predicted molar refractivity (Wildman–Crippen MR) is 75.8 cm³/mol. The number of sulfone groups is 1. The van der Waals surface area contributed by atoms with Crippen molar-refractivity contribution in [2.75, 3.05) is 6.26 Å². The van der Waals surface area contributed by atoms with Gasteiger partial charge in [-0.3, -0.25) is 0 Å². The van der Waals surface area contributed by atoms with Gasteiger partial charge in [0, 0.05) is 25.3 Å². The van der Waals surface area contributed by atoms with Crippen molar-refractivity contribution in [3.05, 3.63) is 29.8 Å². The van der Waals surface area contributed by atoms with Gasteiger partial charge in [0.25, 0.3) is 0 Å². The Morgan fingerprint density at radius 3 is 2.24 bits per heavy atom. The topological polar surface area (TPSA) is 46.2 Å². The van der Waals surface area contributed by atoms with E-state index in [-0.39, 0.29) is 17.4 Å². The molecule has 7 heteroatoms. The third kappa shape index (κ3) is 7.47. The number of benzene rings is 1. The highest BCUT2D eigenvalue weighted by Gasteiger charge is 2.26. The zero-order valence-corrected chi connectivity index (χ0v) is 12.9. The number of hydrogen-bond acceptors (Lipinski definition) is 3. The molecular formula is C14H20F3NO2S. The Balaban J connectivity index is 2.38. The maximum atomic E-state index is 12.0. The molecule has 0 aliphatic rings. The van der Waals surface area contributed by atoms with Gasteiger partial charge in [0.05, 0.1) is 4.90 Å². The summed E-state index contributed by atoms with van der Waals surface area (Å²) in [6.45, 7) is 2.33. The average Bonchev–Trinajstić information content (AvgIpc) is 2.34. The molecule has 1 N–H and O–H groups in total. The number of halogens is 3. The molecule has 0 heterocycles. The van der Waals surface area contributed by atoms with Crippen LogP contribution in [0.2, 0.25) is 0 Å². The van der Waals surface area contributed by atoms with Gasteiger partial charge in [0.1, 0.15) is 0 Å². The fourth-order valence-corrected chi connectivity index (χ4v) is 2.49. The van der Waals surface area contributed by atoms with Crippen LogP contribution in [0.5, 0.6) is 0 Å². The average molecular weight is 323 g/mol. The maximum Gasteiger partial charge on any atom is 0.389 e. The Labute approximate surface area is 123 Å². The van der Waals surface area contributed by atoms with Crippen LogP contribution < -0.4 is 5.32 Å². The SMILES string of the molecule is CC(CCCC(F)(F)F)NCc1ccc(S(C)(=O)=O)cc1. The minimum atomic E-state index is -4.10. The molecule has 1 aromatic carbocycles. The van der Waals surface area contributed by atoms with Crippen LogP contribution in [0.4, 0.5) is 13.2 Å². The monoisotopic (exact) mass is 323 g/mol. The first-order valence-electron chi connectivity index (χ1n) is 6.67. The minimum absolute atomic E-state index is 0.0260. The van der Waals surface area contributed by atoms with E-state index in [1.54, 1.807) is 12.1 Å². The summed E-state index contributed by atoms with van der Waals surface area (Å²) >= 11 is 0. The first-order valence-corrected chi connectivity index (χ1v) is 8.56. The Bertz CT molecular complexity index is 538. The van der Waals surface area contributed by atoms with E-state index < -0.39 is 22.4 Å². The number of alkyl halides is 3. The molecule has 1 aromatic rings. The van der Waals surface area contributed by atoms with Crippen LogP contribution in [0, 0.1) is 0 Å². The second kappa shape index (κ2) is 7.26. The van der Waals surface area contributed by atoms with Gasteiger partial charge in [0.15, 0.2) is 9.84 Å². The molecule has 1 unspecified atom stereocenters. The van der Waals surface area contributed by atoms with Gasteiger partial charge in [-0.1, -0.05) is 12.1 Å².